The Labute approximate surface area is 243 Å². The maximum atomic E-state index is 13.3. The molecule has 0 aliphatic heterocycles. The molecule has 1 saturated carbocycles. The molecule has 15 heteroatoms. The van der Waals surface area contributed by atoms with E-state index in [1.54, 1.807) is 18.3 Å². The second-order valence-corrected chi connectivity index (χ2v) is 10.5. The lowest BCUT2D eigenvalue weighted by atomic mass is 9.84. The van der Waals surface area contributed by atoms with Crippen molar-refractivity contribution in [1.82, 2.24) is 24.9 Å². The van der Waals surface area contributed by atoms with E-state index in [0.29, 0.717) is 50.0 Å². The topological polar surface area (TPSA) is 120 Å². The van der Waals surface area contributed by atoms with Gasteiger partial charge < -0.3 is 19.9 Å². The summed E-state index contributed by atoms with van der Waals surface area (Å²) in [7, 11) is 0. The Balaban J connectivity index is 1.17. The molecule has 2 aromatic heterocycles. The van der Waals surface area contributed by atoms with Crippen LogP contribution in [0.25, 0.3) is 0 Å². The maximum absolute atomic E-state index is 13.3. The van der Waals surface area contributed by atoms with Crippen LogP contribution in [0.2, 0.25) is 0 Å². The third kappa shape index (κ3) is 10.2. The Morgan fingerprint density at radius 3 is 2.53 bits per heavy atom. The van der Waals surface area contributed by atoms with Gasteiger partial charge in [-0.25, -0.2) is 8.78 Å². The Bertz CT molecular complexity index is 1460. The molecule has 4 rings (SSSR count). The van der Waals surface area contributed by atoms with Crippen LogP contribution in [0.4, 0.5) is 27.6 Å². The lowest BCUT2D eigenvalue weighted by molar-refractivity contribution is -0.274. The number of carbonyl (C=O) groups is 2. The van der Waals surface area contributed by atoms with Crippen molar-refractivity contribution in [3.05, 3.63) is 70.4 Å². The van der Waals surface area contributed by atoms with Gasteiger partial charge in [-0.05, 0) is 55.4 Å². The maximum Gasteiger partial charge on any atom is 0.573 e. The number of anilines is 1. The van der Waals surface area contributed by atoms with Crippen LogP contribution in [-0.4, -0.2) is 43.7 Å². The smallest absolute Gasteiger partial charge is 0.406 e. The fraction of sp³-hybridized carbons (Fsp3) is 0.464. The van der Waals surface area contributed by atoms with Crippen molar-refractivity contribution in [3.8, 4) is 5.75 Å². The minimum absolute atomic E-state index is 0.0398. The highest BCUT2D eigenvalue weighted by Crippen LogP contribution is 2.37. The number of aryl methyl sites for hydroxylation is 2. The van der Waals surface area contributed by atoms with Crippen LogP contribution >= 0.6 is 0 Å². The summed E-state index contributed by atoms with van der Waals surface area (Å²) < 4.78 is 70.7. The van der Waals surface area contributed by atoms with Crippen LogP contribution in [0.15, 0.2) is 53.6 Å². The van der Waals surface area contributed by atoms with Crippen LogP contribution in [0.1, 0.15) is 61.0 Å². The van der Waals surface area contributed by atoms with Gasteiger partial charge in [0.1, 0.15) is 5.75 Å². The summed E-state index contributed by atoms with van der Waals surface area (Å²) in [5, 5.41) is 13.0. The van der Waals surface area contributed by atoms with Crippen molar-refractivity contribution in [2.24, 2.45) is 5.92 Å². The molecule has 0 spiro atoms. The van der Waals surface area contributed by atoms with Crippen molar-refractivity contribution in [1.29, 1.82) is 0 Å². The SMILES string of the molecule is O=C(CC1CCC(F)(F)CC1)Nc1ccn(CCCCn2cc(C(=O)NCc3cccc(OC(F)(F)F)c3)nn2)c(=O)c1. The largest absolute Gasteiger partial charge is 0.573 e. The molecule has 0 unspecified atom stereocenters. The highest BCUT2D eigenvalue weighted by Gasteiger charge is 2.35. The summed E-state index contributed by atoms with van der Waals surface area (Å²) in [5.74, 6) is -3.99. The molecule has 0 saturated heterocycles. The fourth-order valence-corrected chi connectivity index (χ4v) is 4.74. The van der Waals surface area contributed by atoms with Gasteiger partial charge in [0.15, 0.2) is 5.69 Å². The minimum atomic E-state index is -4.82. The van der Waals surface area contributed by atoms with Gasteiger partial charge in [-0.2, -0.15) is 0 Å². The third-order valence-electron chi connectivity index (χ3n) is 6.98. The highest BCUT2D eigenvalue weighted by molar-refractivity contribution is 5.92. The number of hydrogen-bond donors (Lipinski definition) is 2. The number of nitrogens with one attached hydrogen (secondary N) is 2. The van der Waals surface area contributed by atoms with E-state index < -0.39 is 23.9 Å². The van der Waals surface area contributed by atoms with Gasteiger partial charge in [0, 0.05) is 56.8 Å². The monoisotopic (exact) mass is 610 g/mol. The average Bonchev–Trinajstić information content (AvgIpc) is 3.40. The number of pyridine rings is 1. The molecule has 0 bridgehead atoms. The molecule has 232 valence electrons. The van der Waals surface area contributed by atoms with Gasteiger partial charge in [0.25, 0.3) is 11.5 Å². The molecule has 43 heavy (non-hydrogen) atoms. The zero-order chi connectivity index (χ0) is 31.0. The van der Waals surface area contributed by atoms with Crippen molar-refractivity contribution in [2.75, 3.05) is 5.32 Å². The molecule has 1 fully saturated rings. The van der Waals surface area contributed by atoms with Crippen LogP contribution in [0, 0.1) is 5.92 Å². The number of aromatic nitrogens is 4. The number of alkyl halides is 5. The normalized spacial score (nSPS) is 15.2. The lowest BCUT2D eigenvalue weighted by Crippen LogP contribution is -2.27. The molecule has 1 aliphatic carbocycles. The van der Waals surface area contributed by atoms with Crippen molar-refractivity contribution in [2.45, 2.75) is 76.9 Å². The minimum Gasteiger partial charge on any atom is -0.406 e. The van der Waals surface area contributed by atoms with Crippen LogP contribution in [-0.2, 0) is 24.4 Å². The summed E-state index contributed by atoms with van der Waals surface area (Å²) in [6.07, 6.45) is -0.261. The van der Waals surface area contributed by atoms with Gasteiger partial charge >= 0.3 is 6.36 Å². The summed E-state index contributed by atoms with van der Waals surface area (Å²) >= 11 is 0. The molecule has 2 amide bonds. The van der Waals surface area contributed by atoms with Crippen LogP contribution in [0.5, 0.6) is 5.75 Å². The van der Waals surface area contributed by atoms with E-state index in [9.17, 15) is 36.3 Å². The van der Waals surface area contributed by atoms with Gasteiger partial charge in [-0.1, -0.05) is 17.3 Å². The van der Waals surface area contributed by atoms with E-state index in [2.05, 4.69) is 25.7 Å². The Kier molecular flexibility index (Phi) is 10.1. The molecule has 1 aliphatic rings. The van der Waals surface area contributed by atoms with Gasteiger partial charge in [-0.15, -0.1) is 18.3 Å². The highest BCUT2D eigenvalue weighted by atomic mass is 19.4. The zero-order valence-electron chi connectivity index (χ0n) is 23.1. The van der Waals surface area contributed by atoms with E-state index in [0.717, 1.165) is 6.07 Å². The number of halogens is 5. The average molecular weight is 611 g/mol. The van der Waals surface area contributed by atoms with Gasteiger partial charge in [0.05, 0.1) is 6.20 Å². The van der Waals surface area contributed by atoms with E-state index >= 15 is 0 Å². The predicted octanol–water partition coefficient (Wildman–Crippen LogP) is 4.90. The third-order valence-corrected chi connectivity index (χ3v) is 6.98. The predicted molar refractivity (Wildman–Crippen MR) is 144 cm³/mol. The second-order valence-electron chi connectivity index (χ2n) is 10.5. The van der Waals surface area contributed by atoms with Crippen LogP contribution in [0.3, 0.4) is 0 Å². The zero-order valence-corrected chi connectivity index (χ0v) is 23.1. The molecule has 2 heterocycles. The number of rotatable bonds is 12. The molecular formula is C28H31F5N6O4. The summed E-state index contributed by atoms with van der Waals surface area (Å²) in [6.45, 7) is 0.787. The molecule has 2 N–H and O–H groups in total. The van der Waals surface area contributed by atoms with Crippen molar-refractivity contribution in [3.63, 3.8) is 0 Å². The van der Waals surface area contributed by atoms with Gasteiger partial charge in [-0.3, -0.25) is 19.1 Å². The first-order valence-electron chi connectivity index (χ1n) is 13.8. The number of carbonyl (C=O) groups excluding carboxylic acids is 2. The number of amides is 2. The summed E-state index contributed by atoms with van der Waals surface area (Å²) in [6, 6.07) is 8.18. The number of benzene rings is 1. The number of nitrogens with zero attached hydrogens (tertiary/aromatic N) is 4. The van der Waals surface area contributed by atoms with Crippen molar-refractivity contribution >= 4 is 17.5 Å². The Morgan fingerprint density at radius 1 is 1.07 bits per heavy atom. The molecule has 3 aromatic rings. The molecule has 10 nitrogen and oxygen atoms in total. The molecule has 1 aromatic carbocycles. The first-order chi connectivity index (χ1) is 20.3. The van der Waals surface area contributed by atoms with Crippen molar-refractivity contribution < 1.29 is 36.3 Å². The molecule has 0 atom stereocenters. The fourth-order valence-electron chi connectivity index (χ4n) is 4.74. The standard InChI is InChI=1S/C28H31F5N6O4/c29-27(30)9-6-19(7-10-27)15-24(40)35-21-8-13-38(25(41)16-21)11-1-2-12-39-18-23(36-37-39)26(42)34-17-20-4-3-5-22(14-20)43-28(31,32)33/h3-5,8,13-14,16,18-19H,1-2,6-7,9-12,15,17H2,(H,34,42)(H,35,40). The lowest BCUT2D eigenvalue weighted by Gasteiger charge is -2.27. The first-order valence-corrected chi connectivity index (χ1v) is 13.8. The van der Waals surface area contributed by atoms with Gasteiger partial charge in [0.2, 0.25) is 11.8 Å². The van der Waals surface area contributed by atoms with E-state index in [1.165, 1.54) is 33.6 Å². The van der Waals surface area contributed by atoms with Crippen LogP contribution < -0.4 is 20.9 Å². The van der Waals surface area contributed by atoms with E-state index in [-0.39, 0.29) is 48.9 Å². The molecular weight excluding hydrogens is 579 g/mol. The number of unbranched alkanes of at least 4 members (excludes halogenated alkanes) is 1. The summed E-state index contributed by atoms with van der Waals surface area (Å²) in [4.78, 5) is 37.2. The number of hydrogen-bond acceptors (Lipinski definition) is 6. The van der Waals surface area contributed by atoms with E-state index in [4.69, 9.17) is 0 Å². The van der Waals surface area contributed by atoms with E-state index in [1.807, 2.05) is 0 Å². The number of ether oxygens (including phenoxy) is 1. The molecule has 0 radical (unpaired) electrons. The first kappa shape index (κ1) is 31.6. The second kappa shape index (κ2) is 13.8. The Morgan fingerprint density at radius 2 is 1.81 bits per heavy atom. The Hall–Kier alpha value is -4.30. The summed E-state index contributed by atoms with van der Waals surface area (Å²) in [5.41, 5.74) is 0.494. The quantitative estimate of drug-likeness (QED) is 0.222.